The normalized spacial score (nSPS) is 11.0. The van der Waals surface area contributed by atoms with Crippen LogP contribution in [0.2, 0.25) is 0 Å². The maximum atomic E-state index is 12.3. The summed E-state index contributed by atoms with van der Waals surface area (Å²) in [6, 6.07) is 8.29. The molecule has 0 bridgehead atoms. The Hall–Kier alpha value is -1.55. The van der Waals surface area contributed by atoms with Crippen molar-refractivity contribution >= 4 is 17.3 Å². The van der Waals surface area contributed by atoms with Gasteiger partial charge in [-0.25, -0.2) is 0 Å². The van der Waals surface area contributed by atoms with Gasteiger partial charge in [-0.3, -0.25) is 4.79 Å². The van der Waals surface area contributed by atoms with Gasteiger partial charge < -0.3 is 0 Å². The van der Waals surface area contributed by atoms with Crippen molar-refractivity contribution in [3.8, 4) is 0 Å². The molecule has 0 aliphatic heterocycles. The van der Waals surface area contributed by atoms with Crippen LogP contribution in [0.15, 0.2) is 24.3 Å². The topological polar surface area (TPSA) is 42.9 Å². The lowest BCUT2D eigenvalue weighted by Gasteiger charge is -2.06. The molecule has 106 valence electrons. The van der Waals surface area contributed by atoms with Gasteiger partial charge in [-0.1, -0.05) is 55.9 Å². The fraction of sp³-hybridized carbons (Fsp3) is 0.438. The number of aryl methyl sites for hydroxylation is 1. The summed E-state index contributed by atoms with van der Waals surface area (Å²) in [4.78, 5) is 13.0. The second-order valence-electron chi connectivity index (χ2n) is 5.29. The molecule has 0 saturated heterocycles. The lowest BCUT2D eigenvalue weighted by atomic mass is 9.99. The Morgan fingerprint density at radius 3 is 2.55 bits per heavy atom. The highest BCUT2D eigenvalue weighted by atomic mass is 32.1. The number of hydrogen-bond acceptors (Lipinski definition) is 4. The Bertz CT molecular complexity index is 572. The van der Waals surface area contributed by atoms with Crippen LogP contribution in [0.5, 0.6) is 0 Å². The smallest absolute Gasteiger partial charge is 0.180 e. The van der Waals surface area contributed by atoms with Crippen LogP contribution in [-0.4, -0.2) is 15.4 Å². The number of rotatable bonds is 6. The number of ketones is 1. The van der Waals surface area contributed by atoms with Crippen molar-refractivity contribution in [1.82, 2.24) is 9.59 Å². The van der Waals surface area contributed by atoms with Crippen LogP contribution >= 0.6 is 11.5 Å². The molecule has 0 amide bonds. The van der Waals surface area contributed by atoms with E-state index in [1.807, 2.05) is 12.1 Å². The molecular formula is C16H20N2OS. The highest BCUT2D eigenvalue weighted by Gasteiger charge is 2.16. The first-order valence-electron chi connectivity index (χ1n) is 7.05. The van der Waals surface area contributed by atoms with E-state index < -0.39 is 0 Å². The van der Waals surface area contributed by atoms with Crippen molar-refractivity contribution in [2.45, 2.75) is 46.0 Å². The molecule has 0 aliphatic carbocycles. The second-order valence-corrected chi connectivity index (χ2v) is 6.05. The van der Waals surface area contributed by atoms with Gasteiger partial charge in [-0.2, -0.15) is 0 Å². The van der Waals surface area contributed by atoms with E-state index in [0.29, 0.717) is 12.3 Å². The monoisotopic (exact) mass is 288 g/mol. The lowest BCUT2D eigenvalue weighted by molar-refractivity contribution is 0.0995. The van der Waals surface area contributed by atoms with Gasteiger partial charge >= 0.3 is 0 Å². The van der Waals surface area contributed by atoms with Crippen molar-refractivity contribution in [1.29, 1.82) is 0 Å². The third-order valence-corrected chi connectivity index (χ3v) is 4.12. The molecule has 20 heavy (non-hydrogen) atoms. The molecule has 0 unspecified atom stereocenters. The minimum Gasteiger partial charge on any atom is -0.293 e. The van der Waals surface area contributed by atoms with Crippen molar-refractivity contribution in [3.05, 3.63) is 46.0 Å². The minimum atomic E-state index is 0.126. The molecule has 0 atom stereocenters. The summed E-state index contributed by atoms with van der Waals surface area (Å²) in [6.45, 7) is 6.42. The highest BCUT2D eigenvalue weighted by Crippen LogP contribution is 2.18. The van der Waals surface area contributed by atoms with E-state index in [2.05, 4.69) is 42.5 Å². The van der Waals surface area contributed by atoms with Crippen molar-refractivity contribution in [3.63, 3.8) is 0 Å². The zero-order valence-electron chi connectivity index (χ0n) is 12.2. The summed E-state index contributed by atoms with van der Waals surface area (Å²) in [7, 11) is 0. The summed E-state index contributed by atoms with van der Waals surface area (Å²) in [6.07, 6.45) is 2.23. The second kappa shape index (κ2) is 6.75. The molecule has 3 nitrogen and oxygen atoms in total. The number of nitrogens with zero attached hydrogens (tertiary/aromatic N) is 2. The van der Waals surface area contributed by atoms with E-state index in [1.54, 1.807) is 0 Å². The Morgan fingerprint density at radius 2 is 1.95 bits per heavy atom. The van der Waals surface area contributed by atoms with E-state index in [1.165, 1.54) is 17.1 Å². The molecule has 0 radical (unpaired) electrons. The Kier molecular flexibility index (Phi) is 5.01. The largest absolute Gasteiger partial charge is 0.293 e. The van der Waals surface area contributed by atoms with Crippen LogP contribution in [0.25, 0.3) is 0 Å². The average molecular weight is 288 g/mol. The number of aromatic nitrogens is 2. The van der Waals surface area contributed by atoms with E-state index in [-0.39, 0.29) is 5.78 Å². The Morgan fingerprint density at radius 1 is 1.25 bits per heavy atom. The van der Waals surface area contributed by atoms with Gasteiger partial charge in [0.15, 0.2) is 5.78 Å². The summed E-state index contributed by atoms with van der Waals surface area (Å²) in [5.74, 6) is 0.641. The van der Waals surface area contributed by atoms with Gasteiger partial charge in [0.05, 0.1) is 5.69 Å². The molecular weight excluding hydrogens is 268 g/mol. The molecule has 0 N–H and O–H groups in total. The predicted molar refractivity (Wildman–Crippen MR) is 82.5 cm³/mol. The van der Waals surface area contributed by atoms with E-state index in [4.69, 9.17) is 0 Å². The zero-order valence-corrected chi connectivity index (χ0v) is 13.0. The van der Waals surface area contributed by atoms with Crippen molar-refractivity contribution in [2.24, 2.45) is 0 Å². The molecule has 0 saturated carbocycles. The van der Waals surface area contributed by atoms with Crippen LogP contribution in [0, 0.1) is 0 Å². The van der Waals surface area contributed by atoms with Gasteiger partial charge in [-0.05, 0) is 35.0 Å². The van der Waals surface area contributed by atoms with Gasteiger partial charge in [0.1, 0.15) is 4.88 Å². The summed E-state index contributed by atoms with van der Waals surface area (Å²) < 4.78 is 3.91. The van der Waals surface area contributed by atoms with Crippen LogP contribution in [0.3, 0.4) is 0 Å². The van der Waals surface area contributed by atoms with Crippen LogP contribution in [0.4, 0.5) is 0 Å². The third-order valence-electron chi connectivity index (χ3n) is 3.31. The van der Waals surface area contributed by atoms with Gasteiger partial charge in [-0.15, -0.1) is 5.10 Å². The first-order chi connectivity index (χ1) is 9.61. The molecule has 0 fully saturated rings. The molecule has 0 aliphatic rings. The molecule has 4 heteroatoms. The molecule has 1 aromatic heterocycles. The zero-order chi connectivity index (χ0) is 14.5. The highest BCUT2D eigenvalue weighted by molar-refractivity contribution is 7.08. The minimum absolute atomic E-state index is 0.126. The van der Waals surface area contributed by atoms with Crippen LogP contribution in [-0.2, 0) is 12.8 Å². The molecule has 2 rings (SSSR count). The van der Waals surface area contributed by atoms with Gasteiger partial charge in [0.2, 0.25) is 0 Å². The van der Waals surface area contributed by atoms with Gasteiger partial charge in [0.25, 0.3) is 0 Å². The molecule has 2 aromatic rings. The van der Waals surface area contributed by atoms with E-state index in [9.17, 15) is 4.79 Å². The average Bonchev–Trinajstić information content (AvgIpc) is 2.88. The first-order valence-corrected chi connectivity index (χ1v) is 7.82. The van der Waals surface area contributed by atoms with Gasteiger partial charge in [0, 0.05) is 6.42 Å². The van der Waals surface area contributed by atoms with Crippen molar-refractivity contribution in [2.75, 3.05) is 0 Å². The molecule has 1 aromatic carbocycles. The Balaban J connectivity index is 2.09. The summed E-state index contributed by atoms with van der Waals surface area (Å²) in [5, 5.41) is 4.05. The molecule has 0 spiro atoms. The SMILES string of the molecule is CCCc1nnsc1C(=O)Cc1ccc(C(C)C)cc1. The lowest BCUT2D eigenvalue weighted by Crippen LogP contribution is -2.05. The number of hydrogen-bond donors (Lipinski definition) is 0. The van der Waals surface area contributed by atoms with Crippen LogP contribution < -0.4 is 0 Å². The van der Waals surface area contributed by atoms with Crippen LogP contribution in [0.1, 0.15) is 59.6 Å². The maximum absolute atomic E-state index is 12.3. The quantitative estimate of drug-likeness (QED) is 0.753. The van der Waals surface area contributed by atoms with E-state index in [0.717, 1.165) is 29.0 Å². The third kappa shape index (κ3) is 3.51. The molecule has 1 heterocycles. The number of carbonyl (C=O) groups excluding carboxylic acids is 1. The summed E-state index contributed by atoms with van der Waals surface area (Å²) >= 11 is 1.21. The predicted octanol–water partition coefficient (Wildman–Crippen LogP) is 4.04. The standard InChI is InChI=1S/C16H20N2OS/c1-4-5-14-16(20-18-17-14)15(19)10-12-6-8-13(9-7-12)11(2)3/h6-9,11H,4-5,10H2,1-3H3. The first kappa shape index (κ1) is 14.9. The van der Waals surface area contributed by atoms with Crippen molar-refractivity contribution < 1.29 is 4.79 Å². The Labute approximate surface area is 124 Å². The summed E-state index contributed by atoms with van der Waals surface area (Å²) in [5.41, 5.74) is 3.20. The van der Waals surface area contributed by atoms with E-state index >= 15 is 0 Å². The fourth-order valence-corrected chi connectivity index (χ4v) is 2.75. The number of benzene rings is 1. The number of Topliss-reactive ketones (excluding diaryl/α,β-unsaturated/α-hetero) is 1. The maximum Gasteiger partial charge on any atom is 0.180 e. The number of carbonyl (C=O) groups is 1. The fourth-order valence-electron chi connectivity index (χ4n) is 2.11.